The number of hydrogen-bond acceptors (Lipinski definition) is 4. The Bertz CT molecular complexity index is 894. The van der Waals surface area contributed by atoms with Crippen molar-refractivity contribution in [3.05, 3.63) is 59.2 Å². The molecule has 3 rings (SSSR count). The van der Waals surface area contributed by atoms with Crippen molar-refractivity contribution in [3.63, 3.8) is 0 Å². The first kappa shape index (κ1) is 22.9. The molecule has 2 aromatic carbocycles. The molecule has 0 bridgehead atoms. The van der Waals surface area contributed by atoms with Gasteiger partial charge in [-0.3, -0.25) is 4.79 Å². The zero-order valence-electron chi connectivity index (χ0n) is 17.7. The van der Waals surface area contributed by atoms with Crippen molar-refractivity contribution in [2.24, 2.45) is 0 Å². The zero-order chi connectivity index (χ0) is 22.4. The number of rotatable bonds is 7. The maximum atomic E-state index is 13.0. The van der Waals surface area contributed by atoms with Gasteiger partial charge in [-0.25, -0.2) is 0 Å². The van der Waals surface area contributed by atoms with E-state index in [0.29, 0.717) is 63.0 Å². The predicted molar refractivity (Wildman–Crippen MR) is 113 cm³/mol. The highest BCUT2D eigenvalue weighted by molar-refractivity contribution is 5.94. The van der Waals surface area contributed by atoms with Gasteiger partial charge in [-0.2, -0.15) is 13.2 Å². The number of benzene rings is 2. The largest absolute Gasteiger partial charge is 0.494 e. The van der Waals surface area contributed by atoms with Crippen LogP contribution in [0.5, 0.6) is 5.75 Å². The van der Waals surface area contributed by atoms with Crippen LogP contribution in [-0.4, -0.2) is 50.2 Å². The van der Waals surface area contributed by atoms with Gasteiger partial charge in [0, 0.05) is 49.6 Å². The van der Waals surface area contributed by atoms with Crippen LogP contribution in [0.2, 0.25) is 0 Å². The number of halogens is 3. The highest BCUT2D eigenvalue weighted by Gasteiger charge is 2.31. The van der Waals surface area contributed by atoms with Gasteiger partial charge in [-0.05, 0) is 50.2 Å². The van der Waals surface area contributed by atoms with Crippen LogP contribution in [0.4, 0.5) is 18.9 Å². The molecule has 5 nitrogen and oxygen atoms in total. The Hall–Kier alpha value is -2.74. The molecule has 8 heteroatoms. The van der Waals surface area contributed by atoms with Crippen LogP contribution in [0.15, 0.2) is 42.5 Å². The lowest BCUT2D eigenvalue weighted by atomic mass is 10.1. The molecule has 1 saturated heterocycles. The average molecular weight is 436 g/mol. The van der Waals surface area contributed by atoms with E-state index >= 15 is 0 Å². The Morgan fingerprint density at radius 1 is 1.00 bits per heavy atom. The number of alkyl halides is 3. The number of ether oxygens (including phenoxy) is 2. The fourth-order valence-electron chi connectivity index (χ4n) is 3.56. The molecule has 1 aliphatic rings. The smallest absolute Gasteiger partial charge is 0.416 e. The molecule has 0 saturated carbocycles. The summed E-state index contributed by atoms with van der Waals surface area (Å²) < 4.78 is 50.1. The summed E-state index contributed by atoms with van der Waals surface area (Å²) in [6.45, 7) is 7.03. The van der Waals surface area contributed by atoms with Crippen molar-refractivity contribution < 1.29 is 27.4 Å². The standard InChI is InChI=1S/C23H27F3N2O3/c1-3-30-16-18-14-17(8-9-21(18)31-4-2)22(29)28-12-10-27(11-13-28)20-7-5-6-19(15-20)23(24,25)26/h5-9,14-15H,3-4,10-13,16H2,1-2H3. The van der Waals surface area contributed by atoms with E-state index in [0.717, 1.165) is 17.7 Å². The lowest BCUT2D eigenvalue weighted by Crippen LogP contribution is -2.48. The molecule has 0 N–H and O–H groups in total. The Kier molecular flexibility index (Phi) is 7.43. The molecule has 0 aliphatic carbocycles. The van der Waals surface area contributed by atoms with Crippen LogP contribution >= 0.6 is 0 Å². The van der Waals surface area contributed by atoms with Crippen LogP contribution in [0.25, 0.3) is 0 Å². The van der Waals surface area contributed by atoms with Gasteiger partial charge in [0.2, 0.25) is 0 Å². The average Bonchev–Trinajstić information content (AvgIpc) is 2.78. The highest BCUT2D eigenvalue weighted by Crippen LogP contribution is 2.32. The number of hydrogen-bond donors (Lipinski definition) is 0. The molecule has 1 amide bonds. The second-order valence-electron chi connectivity index (χ2n) is 7.22. The molecule has 0 atom stereocenters. The molecule has 168 valence electrons. The third-order valence-electron chi connectivity index (χ3n) is 5.17. The molecular formula is C23H27F3N2O3. The quantitative estimate of drug-likeness (QED) is 0.636. The van der Waals surface area contributed by atoms with Gasteiger partial charge in [0.05, 0.1) is 18.8 Å². The van der Waals surface area contributed by atoms with Crippen molar-refractivity contribution in [1.82, 2.24) is 4.90 Å². The summed E-state index contributed by atoms with van der Waals surface area (Å²) in [5.74, 6) is 0.589. The topological polar surface area (TPSA) is 42.0 Å². The fourth-order valence-corrected chi connectivity index (χ4v) is 3.56. The van der Waals surface area contributed by atoms with E-state index in [4.69, 9.17) is 9.47 Å². The van der Waals surface area contributed by atoms with Crippen LogP contribution in [-0.2, 0) is 17.5 Å². The molecule has 1 heterocycles. The minimum absolute atomic E-state index is 0.107. The Balaban J connectivity index is 1.67. The molecule has 31 heavy (non-hydrogen) atoms. The van der Waals surface area contributed by atoms with E-state index in [2.05, 4.69) is 0 Å². The van der Waals surface area contributed by atoms with Gasteiger partial charge in [-0.15, -0.1) is 0 Å². The van der Waals surface area contributed by atoms with Crippen molar-refractivity contribution in [2.75, 3.05) is 44.3 Å². The Morgan fingerprint density at radius 3 is 2.39 bits per heavy atom. The van der Waals surface area contributed by atoms with Crippen LogP contribution in [0.3, 0.4) is 0 Å². The first-order valence-corrected chi connectivity index (χ1v) is 10.4. The molecular weight excluding hydrogens is 409 g/mol. The monoisotopic (exact) mass is 436 g/mol. The molecule has 2 aromatic rings. The number of nitrogens with zero attached hydrogens (tertiary/aromatic N) is 2. The predicted octanol–water partition coefficient (Wildman–Crippen LogP) is 4.60. The van der Waals surface area contributed by atoms with E-state index in [9.17, 15) is 18.0 Å². The highest BCUT2D eigenvalue weighted by atomic mass is 19.4. The number of anilines is 1. The molecule has 0 unspecified atom stereocenters. The van der Waals surface area contributed by atoms with E-state index in [1.54, 1.807) is 29.2 Å². The Labute approximate surface area is 180 Å². The van der Waals surface area contributed by atoms with Crippen molar-refractivity contribution in [3.8, 4) is 5.75 Å². The van der Waals surface area contributed by atoms with E-state index in [-0.39, 0.29) is 5.91 Å². The summed E-state index contributed by atoms with van der Waals surface area (Å²) in [6.07, 6.45) is -4.37. The third-order valence-corrected chi connectivity index (χ3v) is 5.17. The zero-order valence-corrected chi connectivity index (χ0v) is 17.7. The number of piperazine rings is 1. The van der Waals surface area contributed by atoms with Crippen molar-refractivity contribution in [2.45, 2.75) is 26.6 Å². The third kappa shape index (κ3) is 5.70. The normalized spacial score (nSPS) is 14.6. The maximum absolute atomic E-state index is 13.0. The van der Waals surface area contributed by atoms with Gasteiger partial charge in [0.25, 0.3) is 5.91 Å². The first-order valence-electron chi connectivity index (χ1n) is 10.4. The Morgan fingerprint density at radius 2 is 1.74 bits per heavy atom. The van der Waals surface area contributed by atoms with E-state index < -0.39 is 11.7 Å². The summed E-state index contributed by atoms with van der Waals surface area (Å²) in [5.41, 5.74) is 1.21. The van der Waals surface area contributed by atoms with E-state index in [1.165, 1.54) is 6.07 Å². The van der Waals surface area contributed by atoms with E-state index in [1.807, 2.05) is 18.7 Å². The maximum Gasteiger partial charge on any atom is 0.416 e. The van der Waals surface area contributed by atoms with Gasteiger partial charge >= 0.3 is 6.18 Å². The fraction of sp³-hybridized carbons (Fsp3) is 0.435. The van der Waals surface area contributed by atoms with Gasteiger partial charge < -0.3 is 19.3 Å². The molecule has 0 aromatic heterocycles. The minimum Gasteiger partial charge on any atom is -0.494 e. The SMILES string of the molecule is CCOCc1cc(C(=O)N2CCN(c3cccc(C(F)(F)F)c3)CC2)ccc1OCC. The molecule has 1 aliphatic heterocycles. The van der Waals surface area contributed by atoms with Crippen LogP contribution < -0.4 is 9.64 Å². The second-order valence-corrected chi connectivity index (χ2v) is 7.22. The number of amides is 1. The summed E-state index contributed by atoms with van der Waals surface area (Å²) in [7, 11) is 0. The number of carbonyl (C=O) groups excluding carboxylic acids is 1. The lowest BCUT2D eigenvalue weighted by molar-refractivity contribution is -0.137. The van der Waals surface area contributed by atoms with Crippen LogP contribution in [0.1, 0.15) is 35.3 Å². The molecule has 0 spiro atoms. The molecule has 1 fully saturated rings. The second kappa shape index (κ2) is 10.0. The number of carbonyl (C=O) groups is 1. The summed E-state index contributed by atoms with van der Waals surface area (Å²) in [5, 5.41) is 0. The van der Waals surface area contributed by atoms with Gasteiger partial charge in [-0.1, -0.05) is 6.07 Å². The van der Waals surface area contributed by atoms with Crippen LogP contribution in [0, 0.1) is 0 Å². The van der Waals surface area contributed by atoms with Crippen molar-refractivity contribution >= 4 is 11.6 Å². The summed E-state index contributed by atoms with van der Waals surface area (Å²) in [4.78, 5) is 16.6. The van der Waals surface area contributed by atoms with Gasteiger partial charge in [0.15, 0.2) is 0 Å². The lowest BCUT2D eigenvalue weighted by Gasteiger charge is -2.36. The summed E-state index contributed by atoms with van der Waals surface area (Å²) in [6, 6.07) is 10.6. The molecule has 0 radical (unpaired) electrons. The summed E-state index contributed by atoms with van der Waals surface area (Å²) >= 11 is 0. The first-order chi connectivity index (χ1) is 14.8. The van der Waals surface area contributed by atoms with Crippen molar-refractivity contribution in [1.29, 1.82) is 0 Å². The van der Waals surface area contributed by atoms with Gasteiger partial charge in [0.1, 0.15) is 5.75 Å². The minimum atomic E-state index is -4.37.